The van der Waals surface area contributed by atoms with Gasteiger partial charge in [-0.05, 0) is 193 Å². The number of nitrogens with zero attached hydrogens (tertiary/aromatic N) is 2. The highest BCUT2D eigenvalue weighted by molar-refractivity contribution is 9.06. The molecule has 0 atom stereocenters. The van der Waals surface area contributed by atoms with Gasteiger partial charge >= 0.3 is 0 Å². The highest BCUT2D eigenvalue weighted by Crippen LogP contribution is 2.52. The van der Waals surface area contributed by atoms with Crippen LogP contribution in [0.3, 0.4) is 0 Å². The standard InChI is InChI=1S/C61H71BrN2O2/c1-38(60(2,3)4)31-43(53-36-46-16-10-28-64-30-12-18-51(57(46)64)59(53)66-62)25-23-41-13-8-14-42(55(41)49-33-47(39-19-20-39)32-48(34-49)40-21-22-40)24-26-44-37-54(61(5,6)7)65-58-50-17-11-29-63-27-9-15-45(56(50)63)35-52(44)58/h23-26,31-37,39-40H,1,8-22,27-30H2,2-7H3/b25-23+,42-24+,43-31-,44-26+. The van der Waals surface area contributed by atoms with Crippen molar-refractivity contribution in [1.29, 1.82) is 0 Å². The molecule has 5 heterocycles. The molecule has 3 aromatic rings. The van der Waals surface area contributed by atoms with Crippen molar-refractivity contribution in [2.45, 2.75) is 150 Å². The molecule has 0 N–H and O–H groups in total. The third kappa shape index (κ3) is 8.43. The lowest BCUT2D eigenvalue weighted by molar-refractivity contribution is 0.288. The van der Waals surface area contributed by atoms with Crippen LogP contribution in [-0.4, -0.2) is 26.2 Å². The van der Waals surface area contributed by atoms with Gasteiger partial charge in [-0.2, -0.15) is 0 Å². The van der Waals surface area contributed by atoms with E-state index < -0.39 is 0 Å². The predicted molar refractivity (Wildman–Crippen MR) is 281 cm³/mol. The van der Waals surface area contributed by atoms with Crippen molar-refractivity contribution in [3.63, 3.8) is 0 Å². The van der Waals surface area contributed by atoms with Crippen LogP contribution < -0.4 is 18.4 Å². The Labute approximate surface area is 404 Å². The fraction of sp³-hybridized carbons (Fsp3) is 0.475. The van der Waals surface area contributed by atoms with Gasteiger partial charge in [-0.3, -0.25) is 0 Å². The number of rotatable bonds is 9. The van der Waals surface area contributed by atoms with Crippen LogP contribution in [0.15, 0.2) is 95.8 Å². The number of benzene rings is 3. The van der Waals surface area contributed by atoms with Gasteiger partial charge in [0.15, 0.2) is 16.3 Å². The van der Waals surface area contributed by atoms with E-state index >= 15 is 0 Å². The summed E-state index contributed by atoms with van der Waals surface area (Å²) >= 11 is 3.55. The lowest BCUT2D eigenvalue weighted by atomic mass is 9.80. The van der Waals surface area contributed by atoms with E-state index in [-0.39, 0.29) is 10.8 Å². The van der Waals surface area contributed by atoms with Crippen molar-refractivity contribution < 1.29 is 8.57 Å². The molecule has 344 valence electrons. The molecule has 5 aliphatic heterocycles. The molecule has 11 rings (SSSR count). The SMILES string of the molecule is C=C(/C=C(/C=C/C1=C(c2cc(C3CC3)cc(C3CC3)c2)C(=C/C=C2\C=C(C(C)(C)C)Oc3c2cc2c4c3CCCN4CCC2)/CCC1)c1cc2c3c(c1OBr)CCCN3CCC2)C(C)(C)C. The van der Waals surface area contributed by atoms with E-state index in [2.05, 4.69) is 141 Å². The van der Waals surface area contributed by atoms with Gasteiger partial charge in [0.2, 0.25) is 0 Å². The molecule has 3 aromatic carbocycles. The summed E-state index contributed by atoms with van der Waals surface area (Å²) in [5, 5.41) is 0. The van der Waals surface area contributed by atoms with E-state index in [0.717, 1.165) is 100 Å². The molecule has 8 aliphatic rings. The highest BCUT2D eigenvalue weighted by Gasteiger charge is 2.35. The summed E-state index contributed by atoms with van der Waals surface area (Å²) in [5.41, 5.74) is 23.3. The van der Waals surface area contributed by atoms with Crippen LogP contribution in [0.2, 0.25) is 0 Å². The van der Waals surface area contributed by atoms with Crippen molar-refractivity contribution in [3.05, 3.63) is 146 Å². The molecular weight excluding hydrogens is 873 g/mol. The van der Waals surface area contributed by atoms with Crippen molar-refractivity contribution >= 4 is 44.4 Å². The third-order valence-corrected chi connectivity index (χ3v) is 16.3. The molecule has 2 saturated carbocycles. The first kappa shape index (κ1) is 44.1. The van der Waals surface area contributed by atoms with Crippen LogP contribution >= 0.6 is 16.3 Å². The summed E-state index contributed by atoms with van der Waals surface area (Å²) in [6.07, 6.45) is 32.2. The molecule has 0 radical (unpaired) electrons. The van der Waals surface area contributed by atoms with E-state index in [1.54, 1.807) is 11.1 Å². The Hall–Kier alpha value is -4.48. The summed E-state index contributed by atoms with van der Waals surface area (Å²) in [6, 6.07) is 12.7. The second-order valence-electron chi connectivity index (χ2n) is 23.0. The number of ether oxygens (including phenoxy) is 1. The van der Waals surface area contributed by atoms with Crippen LogP contribution in [0, 0.1) is 10.8 Å². The molecule has 4 nitrogen and oxygen atoms in total. The van der Waals surface area contributed by atoms with Gasteiger partial charge in [0.1, 0.15) is 17.3 Å². The lowest BCUT2D eigenvalue weighted by Crippen LogP contribution is -2.35. The number of fused-ring (bicyclic) bond motifs is 2. The van der Waals surface area contributed by atoms with Crippen LogP contribution in [-0.2, 0) is 25.7 Å². The minimum Gasteiger partial charge on any atom is -0.460 e. The van der Waals surface area contributed by atoms with Crippen LogP contribution in [0.25, 0.3) is 16.7 Å². The van der Waals surface area contributed by atoms with Gasteiger partial charge in [0.25, 0.3) is 0 Å². The van der Waals surface area contributed by atoms with Crippen molar-refractivity contribution in [2.75, 3.05) is 36.0 Å². The van der Waals surface area contributed by atoms with Crippen LogP contribution in [0.5, 0.6) is 11.5 Å². The molecule has 2 fully saturated rings. The van der Waals surface area contributed by atoms with Gasteiger partial charge in [0, 0.05) is 65.2 Å². The highest BCUT2D eigenvalue weighted by atomic mass is 79.9. The second kappa shape index (κ2) is 17.2. The Morgan fingerprint density at radius 1 is 0.727 bits per heavy atom. The largest absolute Gasteiger partial charge is 0.460 e. The fourth-order valence-corrected chi connectivity index (χ4v) is 12.3. The molecule has 0 saturated heterocycles. The average molecular weight is 944 g/mol. The molecule has 5 heteroatoms. The summed E-state index contributed by atoms with van der Waals surface area (Å²) in [4.78, 5) is 5.25. The van der Waals surface area contributed by atoms with E-state index in [0.29, 0.717) is 11.8 Å². The van der Waals surface area contributed by atoms with Gasteiger partial charge < -0.3 is 18.4 Å². The Bertz CT molecular complexity index is 2660. The monoisotopic (exact) mass is 942 g/mol. The Kier molecular flexibility index (Phi) is 11.5. The number of anilines is 2. The Morgan fingerprint density at radius 3 is 1.97 bits per heavy atom. The van der Waals surface area contributed by atoms with Gasteiger partial charge in [-0.15, -0.1) is 0 Å². The van der Waals surface area contributed by atoms with E-state index in [1.165, 1.54) is 123 Å². The lowest BCUT2D eigenvalue weighted by Gasteiger charge is -2.40. The molecule has 66 heavy (non-hydrogen) atoms. The first-order valence-corrected chi connectivity index (χ1v) is 26.4. The number of aryl methyl sites for hydroxylation is 2. The molecule has 0 aromatic heterocycles. The average Bonchev–Trinajstić information content (AvgIpc) is 4.24. The maximum Gasteiger partial charge on any atom is 0.179 e. The van der Waals surface area contributed by atoms with Crippen molar-refractivity contribution in [2.24, 2.45) is 10.8 Å². The summed E-state index contributed by atoms with van der Waals surface area (Å²) < 4.78 is 13.3. The molecule has 0 spiro atoms. The predicted octanol–water partition coefficient (Wildman–Crippen LogP) is 16.0. The molecule has 0 unspecified atom stereocenters. The van der Waals surface area contributed by atoms with Crippen molar-refractivity contribution in [3.8, 4) is 11.5 Å². The zero-order chi connectivity index (χ0) is 45.5. The minimum atomic E-state index is -0.115. The van der Waals surface area contributed by atoms with E-state index in [1.807, 2.05) is 0 Å². The van der Waals surface area contributed by atoms with Crippen molar-refractivity contribution in [1.82, 2.24) is 0 Å². The third-order valence-electron chi connectivity index (χ3n) is 16.0. The smallest absolute Gasteiger partial charge is 0.179 e. The van der Waals surface area contributed by atoms with E-state index in [4.69, 9.17) is 8.57 Å². The van der Waals surface area contributed by atoms with Gasteiger partial charge in [0.05, 0.1) is 0 Å². The number of allylic oxidation sites excluding steroid dienone is 13. The Balaban J connectivity index is 1.08. The van der Waals surface area contributed by atoms with Crippen LogP contribution in [0.1, 0.15) is 174 Å². The quantitative estimate of drug-likeness (QED) is 0.200. The summed E-state index contributed by atoms with van der Waals surface area (Å²) in [6.45, 7) is 23.0. The number of hydrogen-bond donors (Lipinski definition) is 0. The Morgan fingerprint density at radius 2 is 1.35 bits per heavy atom. The molecule has 0 amide bonds. The minimum absolute atomic E-state index is 0.0740. The van der Waals surface area contributed by atoms with Crippen LogP contribution in [0.4, 0.5) is 11.4 Å². The maximum atomic E-state index is 7.02. The number of halogens is 1. The molecular formula is C61H71BrN2O2. The van der Waals surface area contributed by atoms with Gasteiger partial charge in [-0.25, -0.2) is 0 Å². The summed E-state index contributed by atoms with van der Waals surface area (Å²) in [7, 11) is 0. The fourth-order valence-electron chi connectivity index (χ4n) is 11.9. The molecule has 3 aliphatic carbocycles. The van der Waals surface area contributed by atoms with Gasteiger partial charge in [-0.1, -0.05) is 96.7 Å². The zero-order valence-corrected chi connectivity index (χ0v) is 42.3. The zero-order valence-electron chi connectivity index (χ0n) is 40.7. The maximum absolute atomic E-state index is 7.02. The number of hydrogen-bond acceptors (Lipinski definition) is 4. The summed E-state index contributed by atoms with van der Waals surface area (Å²) in [5.74, 6) is 4.54. The topological polar surface area (TPSA) is 24.9 Å². The van der Waals surface area contributed by atoms with E-state index in [9.17, 15) is 0 Å². The molecule has 0 bridgehead atoms. The second-order valence-corrected chi connectivity index (χ2v) is 23.3. The first-order chi connectivity index (χ1) is 31.8. The normalized spacial score (nSPS) is 22.0. The first-order valence-electron chi connectivity index (χ1n) is 25.8.